The predicted molar refractivity (Wildman–Crippen MR) is 146 cm³/mol. The van der Waals surface area contributed by atoms with Gasteiger partial charge in [-0.1, -0.05) is 30.3 Å². The van der Waals surface area contributed by atoms with Gasteiger partial charge in [-0.3, -0.25) is 9.69 Å². The molecule has 2 aromatic carbocycles. The number of hydrogen-bond donors (Lipinski definition) is 2. The molecule has 0 aliphatic carbocycles. The highest BCUT2D eigenvalue weighted by Gasteiger charge is 2.27. The van der Waals surface area contributed by atoms with Crippen molar-refractivity contribution in [3.63, 3.8) is 0 Å². The summed E-state index contributed by atoms with van der Waals surface area (Å²) in [5.41, 5.74) is 4.20. The van der Waals surface area contributed by atoms with Crippen molar-refractivity contribution in [1.29, 1.82) is 0 Å². The maximum atomic E-state index is 13.0. The standard InChI is InChI=1S/C29H30N6O3/c1-20-17-22(33-27(36)26-19-35(15-16-37-26)18-21-7-4-3-5-8-21)10-11-25(20)38-28-23(9-6-13-31-28)24-12-14-32-29(30-2)34-24/h3-14,17,26H,15-16,18-19H2,1-2H3,(H,33,36)(H,30,32,34). The second kappa shape index (κ2) is 11.8. The Labute approximate surface area is 221 Å². The highest BCUT2D eigenvalue weighted by molar-refractivity contribution is 5.94. The molecule has 1 amide bonds. The van der Waals surface area contributed by atoms with E-state index >= 15 is 0 Å². The minimum Gasteiger partial charge on any atom is -0.438 e. The molecule has 0 radical (unpaired) electrons. The summed E-state index contributed by atoms with van der Waals surface area (Å²) in [6.07, 6.45) is 2.83. The molecule has 1 aliphatic rings. The van der Waals surface area contributed by atoms with Crippen molar-refractivity contribution in [3.05, 3.63) is 90.3 Å². The predicted octanol–water partition coefficient (Wildman–Crippen LogP) is 4.52. The van der Waals surface area contributed by atoms with Gasteiger partial charge in [0.05, 0.1) is 17.9 Å². The Kier molecular flexibility index (Phi) is 7.86. The molecule has 9 nitrogen and oxygen atoms in total. The summed E-state index contributed by atoms with van der Waals surface area (Å²) in [4.78, 5) is 28.3. The van der Waals surface area contributed by atoms with Crippen molar-refractivity contribution < 1.29 is 14.3 Å². The van der Waals surface area contributed by atoms with Gasteiger partial charge in [0, 0.05) is 44.8 Å². The van der Waals surface area contributed by atoms with Crippen molar-refractivity contribution in [2.75, 3.05) is 37.4 Å². The SMILES string of the molecule is CNc1nccc(-c2cccnc2Oc2ccc(NC(=O)C3CN(Cc4ccccc4)CCO3)cc2C)n1. The molecule has 38 heavy (non-hydrogen) atoms. The fraction of sp³-hybridized carbons (Fsp3) is 0.241. The number of carbonyl (C=O) groups excluding carboxylic acids is 1. The van der Waals surface area contributed by atoms with E-state index in [9.17, 15) is 4.79 Å². The lowest BCUT2D eigenvalue weighted by molar-refractivity contribution is -0.133. The Morgan fingerprint density at radius 3 is 2.76 bits per heavy atom. The molecule has 0 saturated carbocycles. The van der Waals surface area contributed by atoms with Crippen molar-refractivity contribution in [2.24, 2.45) is 0 Å². The molecule has 1 unspecified atom stereocenters. The lowest BCUT2D eigenvalue weighted by Gasteiger charge is -2.32. The highest BCUT2D eigenvalue weighted by Crippen LogP contribution is 2.33. The van der Waals surface area contributed by atoms with Crippen LogP contribution in [0.4, 0.5) is 11.6 Å². The summed E-state index contributed by atoms with van der Waals surface area (Å²) in [6.45, 7) is 4.58. The highest BCUT2D eigenvalue weighted by atomic mass is 16.5. The number of hydrogen-bond acceptors (Lipinski definition) is 8. The molecule has 2 N–H and O–H groups in total. The van der Waals surface area contributed by atoms with Crippen LogP contribution in [0.5, 0.6) is 11.6 Å². The molecular weight excluding hydrogens is 480 g/mol. The Morgan fingerprint density at radius 1 is 1.08 bits per heavy atom. The number of anilines is 2. The van der Waals surface area contributed by atoms with Crippen LogP contribution >= 0.6 is 0 Å². The van der Waals surface area contributed by atoms with E-state index in [2.05, 4.69) is 42.6 Å². The summed E-state index contributed by atoms with van der Waals surface area (Å²) < 4.78 is 12.0. The number of nitrogens with zero attached hydrogens (tertiary/aromatic N) is 4. The van der Waals surface area contributed by atoms with E-state index in [1.54, 1.807) is 19.4 Å². The molecule has 4 aromatic rings. The van der Waals surface area contributed by atoms with Crippen molar-refractivity contribution in [2.45, 2.75) is 19.6 Å². The normalized spacial score (nSPS) is 15.6. The molecule has 3 heterocycles. The summed E-state index contributed by atoms with van der Waals surface area (Å²) in [5.74, 6) is 1.42. The number of rotatable bonds is 8. The molecule has 1 saturated heterocycles. The minimum absolute atomic E-state index is 0.160. The first-order valence-corrected chi connectivity index (χ1v) is 12.5. The lowest BCUT2D eigenvalue weighted by Crippen LogP contribution is -2.47. The fourth-order valence-corrected chi connectivity index (χ4v) is 4.31. The smallest absolute Gasteiger partial charge is 0.254 e. The molecule has 1 fully saturated rings. The second-order valence-corrected chi connectivity index (χ2v) is 9.02. The van der Waals surface area contributed by atoms with Crippen LogP contribution in [0, 0.1) is 6.92 Å². The van der Waals surface area contributed by atoms with Crippen LogP contribution in [0.25, 0.3) is 11.3 Å². The van der Waals surface area contributed by atoms with Gasteiger partial charge >= 0.3 is 0 Å². The fourth-order valence-electron chi connectivity index (χ4n) is 4.31. The summed E-state index contributed by atoms with van der Waals surface area (Å²) in [7, 11) is 1.77. The topological polar surface area (TPSA) is 102 Å². The van der Waals surface area contributed by atoms with E-state index in [0.29, 0.717) is 42.1 Å². The Balaban J connectivity index is 1.24. The Hall–Kier alpha value is -4.34. The quantitative estimate of drug-likeness (QED) is 0.357. The molecular formula is C29H30N6O3. The van der Waals surface area contributed by atoms with E-state index < -0.39 is 6.10 Å². The van der Waals surface area contributed by atoms with Crippen LogP contribution < -0.4 is 15.4 Å². The number of morpholine rings is 1. The van der Waals surface area contributed by atoms with Crippen molar-refractivity contribution in [1.82, 2.24) is 19.9 Å². The van der Waals surface area contributed by atoms with Crippen LogP contribution in [0.3, 0.4) is 0 Å². The first kappa shape index (κ1) is 25.3. The number of benzene rings is 2. The van der Waals surface area contributed by atoms with Gasteiger partial charge in [-0.15, -0.1) is 0 Å². The van der Waals surface area contributed by atoms with Gasteiger partial charge in [-0.05, 0) is 54.4 Å². The zero-order chi connectivity index (χ0) is 26.3. The maximum absolute atomic E-state index is 13.0. The number of pyridine rings is 1. The van der Waals surface area contributed by atoms with Gasteiger partial charge in [0.1, 0.15) is 11.9 Å². The molecule has 1 atom stereocenters. The van der Waals surface area contributed by atoms with Crippen LogP contribution in [0.2, 0.25) is 0 Å². The molecule has 2 aromatic heterocycles. The Bertz CT molecular complexity index is 1400. The van der Waals surface area contributed by atoms with Gasteiger partial charge in [0.2, 0.25) is 11.8 Å². The molecule has 9 heteroatoms. The zero-order valence-electron chi connectivity index (χ0n) is 21.4. The van der Waals surface area contributed by atoms with E-state index in [0.717, 1.165) is 24.2 Å². The van der Waals surface area contributed by atoms with E-state index in [4.69, 9.17) is 9.47 Å². The number of amides is 1. The third-order valence-electron chi connectivity index (χ3n) is 6.27. The lowest BCUT2D eigenvalue weighted by atomic mass is 10.1. The van der Waals surface area contributed by atoms with Gasteiger partial charge in [-0.25, -0.2) is 15.0 Å². The van der Waals surface area contributed by atoms with Crippen molar-refractivity contribution >= 4 is 17.5 Å². The average molecular weight is 511 g/mol. The zero-order valence-corrected chi connectivity index (χ0v) is 21.4. The van der Waals surface area contributed by atoms with E-state index in [1.807, 2.05) is 61.5 Å². The molecule has 5 rings (SSSR count). The van der Waals surface area contributed by atoms with Crippen LogP contribution in [0.15, 0.2) is 79.1 Å². The maximum Gasteiger partial charge on any atom is 0.254 e. The summed E-state index contributed by atoms with van der Waals surface area (Å²) in [5, 5.41) is 5.94. The van der Waals surface area contributed by atoms with Gasteiger partial charge in [0.25, 0.3) is 5.91 Å². The van der Waals surface area contributed by atoms with Gasteiger partial charge in [-0.2, -0.15) is 0 Å². The number of aromatic nitrogens is 3. The number of ether oxygens (including phenoxy) is 2. The molecule has 194 valence electrons. The van der Waals surface area contributed by atoms with Crippen LogP contribution in [-0.4, -0.2) is 58.6 Å². The van der Waals surface area contributed by atoms with E-state index in [1.165, 1.54) is 5.56 Å². The van der Waals surface area contributed by atoms with Gasteiger partial charge < -0.3 is 20.1 Å². The molecule has 0 bridgehead atoms. The van der Waals surface area contributed by atoms with E-state index in [-0.39, 0.29) is 5.91 Å². The molecule has 0 spiro atoms. The monoisotopic (exact) mass is 510 g/mol. The number of nitrogens with one attached hydrogen (secondary N) is 2. The third-order valence-corrected chi connectivity index (χ3v) is 6.27. The molecule has 1 aliphatic heterocycles. The Morgan fingerprint density at radius 2 is 1.95 bits per heavy atom. The second-order valence-electron chi connectivity index (χ2n) is 9.02. The van der Waals surface area contributed by atoms with Gasteiger partial charge in [0.15, 0.2) is 0 Å². The average Bonchev–Trinajstić information content (AvgIpc) is 2.95. The summed E-state index contributed by atoms with van der Waals surface area (Å²) >= 11 is 0. The third kappa shape index (κ3) is 6.13. The largest absolute Gasteiger partial charge is 0.438 e. The number of aryl methyl sites for hydroxylation is 1. The van der Waals surface area contributed by atoms with Crippen LogP contribution in [0.1, 0.15) is 11.1 Å². The van der Waals surface area contributed by atoms with Crippen LogP contribution in [-0.2, 0) is 16.1 Å². The first-order chi connectivity index (χ1) is 18.6. The number of carbonyl (C=O) groups is 1. The van der Waals surface area contributed by atoms with Crippen molar-refractivity contribution in [3.8, 4) is 22.9 Å². The minimum atomic E-state index is -0.532. The summed E-state index contributed by atoms with van der Waals surface area (Å²) in [6, 6.07) is 21.3. The first-order valence-electron chi connectivity index (χ1n) is 12.5.